The molecule has 3 N–H and O–H groups in total. The van der Waals surface area contributed by atoms with Crippen LogP contribution >= 0.6 is 0 Å². The molecule has 6 heteroatoms. The van der Waals surface area contributed by atoms with Crippen molar-refractivity contribution in [1.82, 2.24) is 4.98 Å². The summed E-state index contributed by atoms with van der Waals surface area (Å²) in [6, 6.07) is 2.41. The molecular weight excluding hydrogens is 173 g/mol. The fourth-order valence-electron chi connectivity index (χ4n) is 0.507. The van der Waals surface area contributed by atoms with E-state index in [4.69, 9.17) is 5.11 Å². The van der Waals surface area contributed by atoms with E-state index < -0.39 is 5.97 Å². The number of aromatic hydroxyl groups is 1. The van der Waals surface area contributed by atoms with Gasteiger partial charge in [0.15, 0.2) is 0 Å². The monoisotopic (exact) mass is 179 g/mol. The van der Waals surface area contributed by atoms with Crippen LogP contribution in [-0.2, 0) is 0 Å². The summed E-state index contributed by atoms with van der Waals surface area (Å²) in [6.45, 7) is 0. The number of carbonyl (C=O) groups is 1. The van der Waals surface area contributed by atoms with Crippen molar-refractivity contribution in [2.24, 2.45) is 0 Å². The molecule has 1 heterocycles. The van der Waals surface area contributed by atoms with E-state index in [2.05, 4.69) is 4.98 Å². The number of rotatable bonds is 1. The van der Waals surface area contributed by atoms with Crippen LogP contribution in [0.3, 0.4) is 0 Å². The number of hydrogen-bond acceptors (Lipinski definition) is 4. The maximum Gasteiger partial charge on any atom is 1.00 e. The summed E-state index contributed by atoms with van der Waals surface area (Å²) < 4.78 is 0. The molecule has 0 amide bonds. The number of hydrogen-bond donors (Lipinski definition) is 1. The summed E-state index contributed by atoms with van der Waals surface area (Å²) in [7, 11) is 0. The van der Waals surface area contributed by atoms with Gasteiger partial charge in [-0.2, -0.15) is 0 Å². The van der Waals surface area contributed by atoms with Crippen LogP contribution in [0.5, 0.6) is 5.75 Å². The third kappa shape index (κ3) is 3.68. The van der Waals surface area contributed by atoms with Crippen molar-refractivity contribution in [3.63, 3.8) is 0 Å². The summed E-state index contributed by atoms with van der Waals surface area (Å²) in [5.74, 6) is -1.41. The number of carboxylic acid groups (broad SMARTS) is 1. The van der Waals surface area contributed by atoms with Crippen LogP contribution in [0.1, 0.15) is 10.5 Å². The minimum atomic E-state index is -1.35. The molecule has 0 spiro atoms. The van der Waals surface area contributed by atoms with Crippen LogP contribution in [-0.4, -0.2) is 21.5 Å². The average Bonchev–Trinajstić information content (AvgIpc) is 1.88. The zero-order valence-electron chi connectivity index (χ0n) is 6.44. The van der Waals surface area contributed by atoms with E-state index in [1.165, 1.54) is 12.1 Å². The Balaban J connectivity index is 0. The molecule has 5 nitrogen and oxygen atoms in total. The van der Waals surface area contributed by atoms with Crippen molar-refractivity contribution in [1.29, 1.82) is 0 Å². The molecule has 0 radical (unpaired) electrons. The standard InChI is InChI=1S/C6H5NO3.Na.H2O/c8-4-1-2-5(6(9)10)7-3-4;;/h1-3,8H,(H,9,10);;1H2/q;+1;/p-1. The van der Waals surface area contributed by atoms with Gasteiger partial charge in [-0.15, -0.1) is 0 Å². The molecule has 1 aromatic rings. The van der Waals surface area contributed by atoms with E-state index in [1.54, 1.807) is 0 Å². The van der Waals surface area contributed by atoms with E-state index in [0.29, 0.717) is 0 Å². The number of carbonyl (C=O) groups excluding carboxylic acids is 1. The third-order valence-corrected chi connectivity index (χ3v) is 0.957. The van der Waals surface area contributed by atoms with Crippen molar-refractivity contribution in [2.45, 2.75) is 0 Å². The average molecular weight is 179 g/mol. The molecule has 0 saturated carbocycles. The Bertz CT molecular complexity index is 248. The van der Waals surface area contributed by atoms with Gasteiger partial charge in [0.25, 0.3) is 0 Å². The fourth-order valence-corrected chi connectivity index (χ4v) is 0.507. The summed E-state index contributed by atoms with van der Waals surface area (Å²) in [5, 5.41) is 18.7. The Labute approximate surface area is 90.7 Å². The maximum atomic E-state index is 10.1. The number of pyridine rings is 1. The molecule has 0 unspecified atom stereocenters. The van der Waals surface area contributed by atoms with E-state index in [9.17, 15) is 9.90 Å². The zero-order chi connectivity index (χ0) is 7.56. The van der Waals surface area contributed by atoms with Crippen molar-refractivity contribution in [2.75, 3.05) is 0 Å². The van der Waals surface area contributed by atoms with Gasteiger partial charge in [0.05, 0.1) is 17.9 Å². The van der Waals surface area contributed by atoms with Gasteiger partial charge >= 0.3 is 29.6 Å². The Kier molecular flexibility index (Phi) is 6.92. The Morgan fingerprint density at radius 1 is 1.50 bits per heavy atom. The summed E-state index contributed by atoms with van der Waals surface area (Å²) in [6.07, 6.45) is 1.05. The number of aromatic carboxylic acids is 1. The molecule has 0 atom stereocenters. The topological polar surface area (TPSA) is 105 Å². The van der Waals surface area contributed by atoms with Gasteiger partial charge in [-0.1, -0.05) is 0 Å². The Morgan fingerprint density at radius 3 is 2.42 bits per heavy atom. The predicted octanol–water partition coefficient (Wildman–Crippen LogP) is -4.67. The first-order chi connectivity index (χ1) is 4.70. The first-order valence-electron chi connectivity index (χ1n) is 2.56. The Morgan fingerprint density at radius 2 is 2.08 bits per heavy atom. The fraction of sp³-hybridized carbons (Fsp3) is 0. The van der Waals surface area contributed by atoms with Gasteiger partial charge in [0.2, 0.25) is 0 Å². The van der Waals surface area contributed by atoms with Gasteiger partial charge in [-0.3, -0.25) is 4.98 Å². The zero-order valence-corrected chi connectivity index (χ0v) is 8.44. The summed E-state index contributed by atoms with van der Waals surface area (Å²) in [4.78, 5) is 13.4. The first kappa shape index (κ1) is 13.9. The van der Waals surface area contributed by atoms with Gasteiger partial charge in [-0.05, 0) is 12.1 Å². The summed E-state index contributed by atoms with van der Waals surface area (Å²) >= 11 is 0. The van der Waals surface area contributed by atoms with Crippen LogP contribution < -0.4 is 34.7 Å². The van der Waals surface area contributed by atoms with E-state index in [0.717, 1.165) is 6.20 Å². The maximum absolute atomic E-state index is 10.1. The number of nitrogens with zero attached hydrogens (tertiary/aromatic N) is 1. The van der Waals surface area contributed by atoms with E-state index in [1.807, 2.05) is 0 Å². The molecule has 1 rings (SSSR count). The molecule has 0 aliphatic heterocycles. The van der Waals surface area contributed by atoms with Crippen LogP contribution in [0.2, 0.25) is 0 Å². The second kappa shape index (κ2) is 5.96. The SMILES string of the molecule is O.O=C([O-])c1ccc(O)cn1.[Na+]. The summed E-state index contributed by atoms with van der Waals surface area (Å²) in [5.41, 5.74) is -0.183. The molecule has 0 bridgehead atoms. The van der Waals surface area contributed by atoms with Crippen molar-refractivity contribution in [3.8, 4) is 5.75 Å². The minimum absolute atomic E-state index is 0. The van der Waals surface area contributed by atoms with Crippen LogP contribution in [0.4, 0.5) is 0 Å². The quantitative estimate of drug-likeness (QED) is 0.437. The van der Waals surface area contributed by atoms with Crippen LogP contribution in [0, 0.1) is 0 Å². The molecular formula is C6H6NNaO4. The third-order valence-electron chi connectivity index (χ3n) is 0.957. The first-order valence-corrected chi connectivity index (χ1v) is 2.56. The van der Waals surface area contributed by atoms with Gasteiger partial charge in [0.1, 0.15) is 5.75 Å². The molecule has 0 aliphatic rings. The van der Waals surface area contributed by atoms with E-state index in [-0.39, 0.29) is 46.5 Å². The molecule has 60 valence electrons. The van der Waals surface area contributed by atoms with Gasteiger partial charge < -0.3 is 20.5 Å². The van der Waals surface area contributed by atoms with Gasteiger partial charge in [0, 0.05) is 0 Å². The van der Waals surface area contributed by atoms with E-state index >= 15 is 0 Å². The molecule has 1 aromatic heterocycles. The second-order valence-electron chi connectivity index (χ2n) is 1.69. The predicted molar refractivity (Wildman–Crippen MR) is 33.8 cm³/mol. The second-order valence-corrected chi connectivity index (χ2v) is 1.69. The molecule has 0 aromatic carbocycles. The largest absolute Gasteiger partial charge is 1.00 e. The Hall–Kier alpha value is -0.620. The van der Waals surface area contributed by atoms with Crippen LogP contribution in [0.25, 0.3) is 0 Å². The molecule has 0 saturated heterocycles. The van der Waals surface area contributed by atoms with Crippen molar-refractivity contribution in [3.05, 3.63) is 24.0 Å². The number of carboxylic acids is 1. The number of aromatic nitrogens is 1. The van der Waals surface area contributed by atoms with Crippen LogP contribution in [0.15, 0.2) is 18.3 Å². The normalized spacial score (nSPS) is 7.67. The molecule has 0 fully saturated rings. The van der Waals surface area contributed by atoms with Gasteiger partial charge in [-0.25, -0.2) is 0 Å². The molecule has 12 heavy (non-hydrogen) atoms. The molecule has 0 aliphatic carbocycles. The minimum Gasteiger partial charge on any atom is -0.543 e. The van der Waals surface area contributed by atoms with Crippen molar-refractivity contribution < 1.29 is 50.0 Å². The smallest absolute Gasteiger partial charge is 0.543 e. The van der Waals surface area contributed by atoms with Crippen molar-refractivity contribution >= 4 is 5.97 Å².